The molecule has 1 aliphatic heterocycles. The first kappa shape index (κ1) is 6.22. The van der Waals surface area contributed by atoms with E-state index in [2.05, 4.69) is 0 Å². The molecule has 0 saturated carbocycles. The maximum atomic E-state index is 11.0. The summed E-state index contributed by atoms with van der Waals surface area (Å²) in [5.41, 5.74) is 0.201. The minimum Gasteiger partial charge on any atom is -0.485 e. The van der Waals surface area contributed by atoms with Gasteiger partial charge in [-0.15, -0.1) is 0 Å². The van der Waals surface area contributed by atoms with Gasteiger partial charge >= 0.3 is 0 Å². The summed E-state index contributed by atoms with van der Waals surface area (Å²) in [7, 11) is 0. The van der Waals surface area contributed by atoms with E-state index in [0.29, 0.717) is 5.75 Å². The van der Waals surface area contributed by atoms with E-state index < -0.39 is 0 Å². The first-order valence-electron chi connectivity index (χ1n) is 3.25. The highest BCUT2D eigenvalue weighted by molar-refractivity contribution is 6.04. The van der Waals surface area contributed by atoms with E-state index in [0.717, 1.165) is 0 Å². The highest BCUT2D eigenvalue weighted by atomic mass is 16.5. The normalized spacial score (nSPS) is 14.4. The van der Waals surface area contributed by atoms with Crippen molar-refractivity contribution in [3.63, 3.8) is 0 Å². The molecule has 0 fully saturated rings. The third kappa shape index (κ3) is 0.774. The van der Waals surface area contributed by atoms with E-state index in [9.17, 15) is 9.90 Å². The molecule has 55 valence electrons. The van der Waals surface area contributed by atoms with Gasteiger partial charge < -0.3 is 4.74 Å². The predicted octanol–water partition coefficient (Wildman–Crippen LogP) is 1.41. The number of benzene rings is 1. The largest absolute Gasteiger partial charge is 0.485 e. The fourth-order valence-corrected chi connectivity index (χ4v) is 1.12. The van der Waals surface area contributed by atoms with Crippen molar-refractivity contribution in [1.29, 1.82) is 0 Å². The maximum absolute atomic E-state index is 11.0. The molecule has 1 heterocycles. The number of hydrogen-bond donors (Lipinski definition) is 0. The molecule has 0 amide bonds. The van der Waals surface area contributed by atoms with Crippen LogP contribution in [0.3, 0.4) is 0 Å². The Bertz CT molecular complexity index is 317. The molecule has 3 nitrogen and oxygen atoms in total. The van der Waals surface area contributed by atoms with Crippen LogP contribution in [0.1, 0.15) is 10.4 Å². The summed E-state index contributed by atoms with van der Waals surface area (Å²) in [6, 6.07) is 4.58. The van der Waals surface area contributed by atoms with Gasteiger partial charge in [0.2, 0.25) is 5.78 Å². The topological polar surface area (TPSA) is 46.2 Å². The number of carbonyl (C=O) groups excluding carboxylic acids is 1. The van der Waals surface area contributed by atoms with Crippen LogP contribution < -0.4 is 4.74 Å². The summed E-state index contributed by atoms with van der Waals surface area (Å²) in [4.78, 5) is 11.0. The fraction of sp³-hybridized carbons (Fsp3) is 0.125. The molecule has 0 unspecified atom stereocenters. The quantitative estimate of drug-likeness (QED) is 0.559. The third-order valence-corrected chi connectivity index (χ3v) is 1.63. The summed E-state index contributed by atoms with van der Waals surface area (Å²) in [5.74, 6) is -0.0434. The number of Topliss-reactive ketones (excluding diaryl/α,β-unsaturated/α-hetero) is 1. The van der Waals surface area contributed by atoms with E-state index in [1.54, 1.807) is 12.1 Å². The van der Waals surface area contributed by atoms with E-state index >= 15 is 0 Å². The number of ether oxygens (including phenoxy) is 1. The molecule has 1 aromatic carbocycles. The monoisotopic (exact) mass is 149 g/mol. The number of carbonyl (C=O) groups is 1. The summed E-state index contributed by atoms with van der Waals surface area (Å²) in [6.45, 7) is 0.00852. The van der Waals surface area contributed by atoms with Gasteiger partial charge in [0.1, 0.15) is 11.3 Å². The van der Waals surface area contributed by atoms with Crippen molar-refractivity contribution in [1.82, 2.24) is 0 Å². The molecule has 11 heavy (non-hydrogen) atoms. The average Bonchev–Trinajstić information content (AvgIpc) is 2.34. The SMILES string of the molecule is [O]c1cccc2c1C(=O)CO2. The Hall–Kier alpha value is -1.51. The van der Waals surface area contributed by atoms with Gasteiger partial charge in [-0.3, -0.25) is 9.90 Å². The van der Waals surface area contributed by atoms with Crippen LogP contribution in [0.5, 0.6) is 11.5 Å². The van der Waals surface area contributed by atoms with E-state index in [1.165, 1.54) is 6.07 Å². The van der Waals surface area contributed by atoms with Gasteiger partial charge in [0.15, 0.2) is 12.4 Å². The van der Waals surface area contributed by atoms with Crippen molar-refractivity contribution in [3.05, 3.63) is 23.8 Å². The molecule has 0 N–H and O–H groups in total. The molecular formula is C8H5O3. The van der Waals surface area contributed by atoms with Gasteiger partial charge in [-0.25, -0.2) is 0 Å². The van der Waals surface area contributed by atoms with Crippen molar-refractivity contribution in [2.24, 2.45) is 0 Å². The minimum atomic E-state index is -0.245. The first-order valence-corrected chi connectivity index (χ1v) is 3.25. The predicted molar refractivity (Wildman–Crippen MR) is 36.4 cm³/mol. The minimum absolute atomic E-state index is 0.00852. The lowest BCUT2D eigenvalue weighted by Crippen LogP contribution is -1.98. The van der Waals surface area contributed by atoms with Crippen LogP contribution in [0.25, 0.3) is 0 Å². The van der Waals surface area contributed by atoms with Crippen molar-refractivity contribution < 1.29 is 14.6 Å². The van der Waals surface area contributed by atoms with Crippen LogP contribution >= 0.6 is 0 Å². The lowest BCUT2D eigenvalue weighted by atomic mass is 10.1. The Balaban J connectivity index is 2.68. The standard InChI is InChI=1S/C8H5O3/c9-5-2-1-3-7-8(5)6(10)4-11-7/h1-3H,4H2. The molecule has 1 aliphatic rings. The number of ketones is 1. The summed E-state index contributed by atoms with van der Waals surface area (Å²) in [5, 5.41) is 11.0. The average molecular weight is 149 g/mol. The first-order chi connectivity index (χ1) is 5.29. The lowest BCUT2D eigenvalue weighted by molar-refractivity contribution is 0.0958. The number of fused-ring (bicyclic) bond motifs is 1. The van der Waals surface area contributed by atoms with Gasteiger partial charge in [0.25, 0.3) is 0 Å². The summed E-state index contributed by atoms with van der Waals surface area (Å²) >= 11 is 0. The second-order valence-electron chi connectivity index (χ2n) is 2.34. The van der Waals surface area contributed by atoms with Gasteiger partial charge in [-0.2, -0.15) is 0 Å². The molecule has 1 aromatic rings. The maximum Gasteiger partial charge on any atom is 0.207 e. The van der Waals surface area contributed by atoms with Crippen molar-refractivity contribution in [2.75, 3.05) is 6.61 Å². The zero-order valence-electron chi connectivity index (χ0n) is 5.66. The van der Waals surface area contributed by atoms with Gasteiger partial charge in [-0.05, 0) is 12.1 Å². The smallest absolute Gasteiger partial charge is 0.207 e. The lowest BCUT2D eigenvalue weighted by Gasteiger charge is -1.94. The Morgan fingerprint density at radius 3 is 2.91 bits per heavy atom. The van der Waals surface area contributed by atoms with Crippen LogP contribution in [-0.4, -0.2) is 12.4 Å². The van der Waals surface area contributed by atoms with Crippen LogP contribution in [0.4, 0.5) is 0 Å². The second-order valence-corrected chi connectivity index (χ2v) is 2.34. The zero-order chi connectivity index (χ0) is 7.84. The van der Waals surface area contributed by atoms with E-state index in [1.807, 2.05) is 0 Å². The molecule has 3 heteroatoms. The van der Waals surface area contributed by atoms with Crippen LogP contribution in [-0.2, 0) is 5.11 Å². The molecule has 0 aliphatic carbocycles. The highest BCUT2D eigenvalue weighted by Gasteiger charge is 2.24. The van der Waals surface area contributed by atoms with Crippen molar-refractivity contribution in [2.45, 2.75) is 0 Å². The molecule has 2 rings (SSSR count). The number of rotatable bonds is 0. The molecule has 0 spiro atoms. The van der Waals surface area contributed by atoms with E-state index in [4.69, 9.17) is 4.74 Å². The second kappa shape index (κ2) is 1.99. The van der Waals surface area contributed by atoms with Crippen molar-refractivity contribution >= 4 is 5.78 Å². The summed E-state index contributed by atoms with van der Waals surface area (Å²) in [6.07, 6.45) is 0. The molecule has 0 saturated heterocycles. The fourth-order valence-electron chi connectivity index (χ4n) is 1.12. The Labute approximate surface area is 63.2 Å². The van der Waals surface area contributed by atoms with Gasteiger partial charge in [0.05, 0.1) is 0 Å². The van der Waals surface area contributed by atoms with Crippen LogP contribution in [0, 0.1) is 0 Å². The highest BCUT2D eigenvalue weighted by Crippen LogP contribution is 2.32. The molecule has 0 bridgehead atoms. The number of hydrogen-bond acceptors (Lipinski definition) is 2. The van der Waals surface area contributed by atoms with Crippen LogP contribution in [0.15, 0.2) is 18.2 Å². The molecular weight excluding hydrogens is 144 g/mol. The third-order valence-electron chi connectivity index (χ3n) is 1.63. The Morgan fingerprint density at radius 2 is 2.18 bits per heavy atom. The van der Waals surface area contributed by atoms with E-state index in [-0.39, 0.29) is 23.7 Å². The van der Waals surface area contributed by atoms with Gasteiger partial charge in [0, 0.05) is 0 Å². The Morgan fingerprint density at radius 1 is 1.36 bits per heavy atom. The Kier molecular flexibility index (Phi) is 1.12. The van der Waals surface area contributed by atoms with Crippen LogP contribution in [0.2, 0.25) is 0 Å². The molecule has 0 atom stereocenters. The summed E-state index contributed by atoms with van der Waals surface area (Å²) < 4.78 is 4.94. The van der Waals surface area contributed by atoms with Gasteiger partial charge in [-0.1, -0.05) is 6.07 Å². The molecule has 0 aromatic heterocycles. The zero-order valence-corrected chi connectivity index (χ0v) is 5.66. The molecule has 1 radical (unpaired) electrons. The van der Waals surface area contributed by atoms with Crippen molar-refractivity contribution in [3.8, 4) is 11.5 Å².